The van der Waals surface area contributed by atoms with Gasteiger partial charge in [-0.3, -0.25) is 9.98 Å². The van der Waals surface area contributed by atoms with E-state index in [1.54, 1.807) is 0 Å². The molecule has 0 atom stereocenters. The molecule has 4 rings (SSSR count). The van der Waals surface area contributed by atoms with E-state index in [9.17, 15) is 4.39 Å². The largest absolute Gasteiger partial charge is 0.371 e. The Hall–Kier alpha value is -2.83. The molecule has 2 N–H and O–H groups in total. The van der Waals surface area contributed by atoms with Crippen LogP contribution in [0.15, 0.2) is 53.8 Å². The Labute approximate surface area is 171 Å². The zero-order chi connectivity index (χ0) is 20.1. The van der Waals surface area contributed by atoms with Crippen LogP contribution in [-0.4, -0.2) is 61.7 Å². The smallest absolute Gasteiger partial charge is 0.191 e. The van der Waals surface area contributed by atoms with E-state index in [0.717, 1.165) is 64.3 Å². The van der Waals surface area contributed by atoms with Crippen molar-refractivity contribution in [2.45, 2.75) is 12.8 Å². The highest BCUT2D eigenvalue weighted by Crippen LogP contribution is 2.23. The lowest BCUT2D eigenvalue weighted by atomic mass is 9.97. The molecule has 2 aromatic rings. The first kappa shape index (κ1) is 19.5. The van der Waals surface area contributed by atoms with Crippen LogP contribution < -0.4 is 15.5 Å². The molecule has 2 aliphatic heterocycles. The number of nitrogens with two attached hydrogens (primary N) is 1. The number of rotatable bonds is 4. The van der Waals surface area contributed by atoms with Gasteiger partial charge in [-0.05, 0) is 55.2 Å². The summed E-state index contributed by atoms with van der Waals surface area (Å²) in [6, 6.07) is 10.8. The first-order valence-electron chi connectivity index (χ1n) is 10.4. The molecule has 0 amide bonds. The van der Waals surface area contributed by atoms with E-state index < -0.39 is 0 Å². The van der Waals surface area contributed by atoms with Gasteiger partial charge in [0.1, 0.15) is 5.82 Å². The molecule has 0 aliphatic carbocycles. The summed E-state index contributed by atoms with van der Waals surface area (Å²) in [4.78, 5) is 15.6. The number of guanidine groups is 1. The van der Waals surface area contributed by atoms with Crippen LogP contribution in [0.4, 0.5) is 15.8 Å². The summed E-state index contributed by atoms with van der Waals surface area (Å²) in [5, 5.41) is 0. The van der Waals surface area contributed by atoms with Crippen molar-refractivity contribution in [3.63, 3.8) is 0 Å². The van der Waals surface area contributed by atoms with Gasteiger partial charge in [0.15, 0.2) is 5.96 Å². The fraction of sp³-hybridized carbons (Fsp3) is 0.455. The number of aromatic nitrogens is 1. The number of benzene rings is 1. The summed E-state index contributed by atoms with van der Waals surface area (Å²) < 4.78 is 13.1. The molecule has 0 bridgehead atoms. The van der Waals surface area contributed by atoms with Crippen molar-refractivity contribution in [3.05, 3.63) is 54.6 Å². The van der Waals surface area contributed by atoms with Gasteiger partial charge in [-0.2, -0.15) is 0 Å². The van der Waals surface area contributed by atoms with Crippen LogP contribution in [0.5, 0.6) is 0 Å². The molecule has 2 saturated heterocycles. The fourth-order valence-corrected chi connectivity index (χ4v) is 4.10. The van der Waals surface area contributed by atoms with Gasteiger partial charge in [0.05, 0.1) is 0 Å². The molecule has 3 heterocycles. The Morgan fingerprint density at radius 1 is 0.897 bits per heavy atom. The third-order valence-electron chi connectivity index (χ3n) is 5.95. The Bertz CT molecular complexity index is 794. The monoisotopic (exact) mass is 396 g/mol. The van der Waals surface area contributed by atoms with Gasteiger partial charge in [-0.1, -0.05) is 0 Å². The van der Waals surface area contributed by atoms with Crippen LogP contribution in [0.3, 0.4) is 0 Å². The molecular weight excluding hydrogens is 367 g/mol. The summed E-state index contributed by atoms with van der Waals surface area (Å²) in [6.07, 6.45) is 5.97. The highest BCUT2D eigenvalue weighted by molar-refractivity contribution is 5.78. The number of piperidine rings is 1. The summed E-state index contributed by atoms with van der Waals surface area (Å²) >= 11 is 0. The average Bonchev–Trinajstić information content (AvgIpc) is 2.79. The Morgan fingerprint density at radius 2 is 1.48 bits per heavy atom. The first-order chi connectivity index (χ1) is 14.2. The zero-order valence-corrected chi connectivity index (χ0v) is 16.8. The minimum absolute atomic E-state index is 0.199. The van der Waals surface area contributed by atoms with Gasteiger partial charge in [-0.15, -0.1) is 0 Å². The van der Waals surface area contributed by atoms with Gasteiger partial charge >= 0.3 is 0 Å². The van der Waals surface area contributed by atoms with Crippen LogP contribution in [0.1, 0.15) is 12.8 Å². The normalized spacial score (nSPS) is 18.9. The second-order valence-corrected chi connectivity index (χ2v) is 7.79. The standard InChI is InChI=1S/C22H29FN6/c23-19-1-3-20(4-2-19)28-13-15-29(16-14-28)22(24)26-17-18-7-11-27(12-8-18)21-5-9-25-10-6-21/h1-6,9-10,18H,7-8,11-17H2,(H2,24,26). The quantitative estimate of drug-likeness (QED) is 0.636. The molecule has 154 valence electrons. The van der Waals surface area contributed by atoms with Crippen molar-refractivity contribution in [1.29, 1.82) is 0 Å². The summed E-state index contributed by atoms with van der Waals surface area (Å²) in [5.74, 6) is 1.04. The number of hydrogen-bond donors (Lipinski definition) is 1. The van der Waals surface area contributed by atoms with Crippen molar-refractivity contribution in [2.75, 3.05) is 55.6 Å². The molecule has 0 unspecified atom stereocenters. The second-order valence-electron chi connectivity index (χ2n) is 7.79. The molecule has 2 fully saturated rings. The summed E-state index contributed by atoms with van der Waals surface area (Å²) in [6.45, 7) is 6.33. The minimum atomic E-state index is -0.199. The van der Waals surface area contributed by atoms with E-state index in [2.05, 4.69) is 31.8 Å². The molecule has 6 nitrogen and oxygen atoms in total. The molecule has 0 radical (unpaired) electrons. The van der Waals surface area contributed by atoms with E-state index in [1.165, 1.54) is 17.8 Å². The van der Waals surface area contributed by atoms with Crippen molar-refractivity contribution in [1.82, 2.24) is 9.88 Å². The minimum Gasteiger partial charge on any atom is -0.371 e. The molecular formula is C22H29FN6. The molecule has 0 spiro atoms. The average molecular weight is 397 g/mol. The maximum absolute atomic E-state index is 13.1. The summed E-state index contributed by atoms with van der Waals surface area (Å²) in [5.41, 5.74) is 8.59. The number of nitrogens with zero attached hydrogens (tertiary/aromatic N) is 5. The molecule has 1 aromatic carbocycles. The highest BCUT2D eigenvalue weighted by Gasteiger charge is 2.21. The number of piperazine rings is 1. The lowest BCUT2D eigenvalue weighted by Crippen LogP contribution is -2.51. The molecule has 1 aromatic heterocycles. The van der Waals surface area contributed by atoms with Crippen LogP contribution in [0, 0.1) is 11.7 Å². The van der Waals surface area contributed by atoms with E-state index in [4.69, 9.17) is 10.7 Å². The van der Waals surface area contributed by atoms with Crippen molar-refractivity contribution >= 4 is 17.3 Å². The van der Waals surface area contributed by atoms with E-state index in [-0.39, 0.29) is 5.82 Å². The van der Waals surface area contributed by atoms with Gasteiger partial charge in [0, 0.05) is 69.6 Å². The Balaban J connectivity index is 1.22. The van der Waals surface area contributed by atoms with Gasteiger partial charge in [0.25, 0.3) is 0 Å². The van der Waals surface area contributed by atoms with E-state index >= 15 is 0 Å². The van der Waals surface area contributed by atoms with Crippen LogP contribution in [0.25, 0.3) is 0 Å². The van der Waals surface area contributed by atoms with Crippen molar-refractivity contribution in [3.8, 4) is 0 Å². The Morgan fingerprint density at radius 3 is 2.14 bits per heavy atom. The predicted molar refractivity (Wildman–Crippen MR) is 116 cm³/mol. The molecule has 0 saturated carbocycles. The fourth-order valence-electron chi connectivity index (χ4n) is 4.10. The third kappa shape index (κ3) is 4.96. The highest BCUT2D eigenvalue weighted by atomic mass is 19.1. The van der Waals surface area contributed by atoms with Gasteiger partial charge in [-0.25, -0.2) is 4.39 Å². The third-order valence-corrected chi connectivity index (χ3v) is 5.95. The molecule has 2 aliphatic rings. The van der Waals surface area contributed by atoms with Crippen molar-refractivity contribution < 1.29 is 4.39 Å². The van der Waals surface area contributed by atoms with Crippen LogP contribution in [0.2, 0.25) is 0 Å². The number of anilines is 2. The first-order valence-corrected chi connectivity index (χ1v) is 10.4. The SMILES string of the molecule is NC(=NCC1CCN(c2ccncc2)CC1)N1CCN(c2ccc(F)cc2)CC1. The second kappa shape index (κ2) is 9.11. The zero-order valence-electron chi connectivity index (χ0n) is 16.8. The number of pyridine rings is 1. The van der Waals surface area contributed by atoms with E-state index in [0.29, 0.717) is 11.9 Å². The van der Waals surface area contributed by atoms with Crippen molar-refractivity contribution in [2.24, 2.45) is 16.6 Å². The van der Waals surface area contributed by atoms with E-state index in [1.807, 2.05) is 24.5 Å². The number of halogens is 1. The molecule has 29 heavy (non-hydrogen) atoms. The van der Waals surface area contributed by atoms with Crippen LogP contribution in [-0.2, 0) is 0 Å². The topological polar surface area (TPSA) is 61.0 Å². The lowest BCUT2D eigenvalue weighted by molar-refractivity contribution is 0.374. The van der Waals surface area contributed by atoms with Gasteiger partial charge in [0.2, 0.25) is 0 Å². The molecule has 7 heteroatoms. The number of aliphatic imine (C=N–C) groups is 1. The Kier molecular flexibility index (Phi) is 6.12. The lowest BCUT2D eigenvalue weighted by Gasteiger charge is -2.37. The summed E-state index contributed by atoms with van der Waals surface area (Å²) in [7, 11) is 0. The van der Waals surface area contributed by atoms with Crippen LogP contribution >= 0.6 is 0 Å². The predicted octanol–water partition coefficient (Wildman–Crippen LogP) is 2.57. The maximum atomic E-state index is 13.1. The van der Waals surface area contributed by atoms with Gasteiger partial charge < -0.3 is 20.4 Å². The maximum Gasteiger partial charge on any atom is 0.191 e. The number of hydrogen-bond acceptors (Lipinski definition) is 4.